The van der Waals surface area contributed by atoms with E-state index in [1.54, 1.807) is 0 Å². The Morgan fingerprint density at radius 3 is 1.80 bits per heavy atom. The molecule has 0 saturated carbocycles. The van der Waals surface area contributed by atoms with Crippen LogP contribution in [0.4, 0.5) is 0 Å². The van der Waals surface area contributed by atoms with Gasteiger partial charge in [0.15, 0.2) is 0 Å². The monoisotopic (exact) mass is 217 g/mol. The summed E-state index contributed by atoms with van der Waals surface area (Å²) in [6, 6.07) is 0. The van der Waals surface area contributed by atoms with Crippen molar-refractivity contribution in [2.75, 3.05) is 7.05 Å². The molecule has 0 spiro atoms. The second-order valence-electron chi connectivity index (χ2n) is 3.37. The third-order valence-electron chi connectivity index (χ3n) is 1.51. The fourth-order valence-corrected chi connectivity index (χ4v) is 0.548. The van der Waals surface area contributed by atoms with E-state index in [2.05, 4.69) is 46.2 Å². The summed E-state index contributed by atoms with van der Waals surface area (Å²) in [5, 5.41) is 0. The smallest absolute Gasteiger partial charge is 0 e. The van der Waals surface area contributed by atoms with E-state index in [1.165, 1.54) is 0 Å². The van der Waals surface area contributed by atoms with Gasteiger partial charge in [0, 0.05) is 32.7 Å². The molecule has 0 rings (SSSR count). The van der Waals surface area contributed by atoms with Gasteiger partial charge in [-0.15, -0.1) is 0 Å². The van der Waals surface area contributed by atoms with E-state index >= 15 is 0 Å². The third-order valence-corrected chi connectivity index (χ3v) is 1.51. The van der Waals surface area contributed by atoms with Crippen LogP contribution < -0.4 is 0 Å². The first-order chi connectivity index (χ1) is 3.98. The Morgan fingerprint density at radius 2 is 1.70 bits per heavy atom. The molecule has 0 saturated heterocycles. The summed E-state index contributed by atoms with van der Waals surface area (Å²) in [4.78, 5) is 2.24. The van der Waals surface area contributed by atoms with Crippen molar-refractivity contribution < 1.29 is 32.7 Å². The molecular formula is C8H18NY-. The summed E-state index contributed by atoms with van der Waals surface area (Å²) in [5.41, 5.74) is 0.288. The predicted octanol–water partition coefficient (Wildman–Crippen LogP) is 2.29. The van der Waals surface area contributed by atoms with E-state index in [4.69, 9.17) is 0 Å². The van der Waals surface area contributed by atoms with Gasteiger partial charge in [-0.25, -0.2) is 0 Å². The summed E-state index contributed by atoms with van der Waals surface area (Å²) in [7, 11) is 2.11. The molecule has 0 heterocycles. The minimum Gasteiger partial charge on any atom is -0.454 e. The molecule has 0 fully saturated rings. The van der Waals surface area contributed by atoms with E-state index in [9.17, 15) is 0 Å². The minimum atomic E-state index is 0. The van der Waals surface area contributed by atoms with Gasteiger partial charge in [-0.2, -0.15) is 6.42 Å². The number of hydrogen-bond acceptors (Lipinski definition) is 1. The molecule has 0 bridgehead atoms. The van der Waals surface area contributed by atoms with Gasteiger partial charge in [0.05, 0.1) is 0 Å². The topological polar surface area (TPSA) is 3.24 Å². The number of hydrogen-bond donors (Lipinski definition) is 0. The largest absolute Gasteiger partial charge is 0.454 e. The van der Waals surface area contributed by atoms with Gasteiger partial charge in [0.25, 0.3) is 0 Å². The van der Waals surface area contributed by atoms with Crippen molar-refractivity contribution in [3.05, 3.63) is 6.54 Å². The molecular weight excluding hydrogens is 199 g/mol. The molecule has 1 nitrogen and oxygen atoms in total. The second-order valence-corrected chi connectivity index (χ2v) is 3.37. The van der Waals surface area contributed by atoms with Crippen LogP contribution in [0.2, 0.25) is 0 Å². The van der Waals surface area contributed by atoms with Crippen LogP contribution in [0.5, 0.6) is 0 Å². The van der Waals surface area contributed by atoms with Crippen LogP contribution in [-0.2, 0) is 32.7 Å². The van der Waals surface area contributed by atoms with Crippen LogP contribution in [0.25, 0.3) is 0 Å². The third kappa shape index (κ3) is 5.82. The van der Waals surface area contributed by atoms with Crippen molar-refractivity contribution in [2.24, 2.45) is 0 Å². The van der Waals surface area contributed by atoms with Gasteiger partial charge >= 0.3 is 0 Å². The first kappa shape index (κ1) is 13.6. The standard InChI is InChI=1S/C8H18N.Y/c1-6-7-9(5)8(2,3)4;/h7H,6H2,1-5H3;/q-1;. The first-order valence-corrected chi connectivity index (χ1v) is 3.54. The van der Waals surface area contributed by atoms with Crippen LogP contribution in [0.3, 0.4) is 0 Å². The average molecular weight is 217 g/mol. The summed E-state index contributed by atoms with van der Waals surface area (Å²) in [6.07, 6.45) is 1.12. The molecule has 0 atom stereocenters. The maximum absolute atomic E-state index is 2.24. The van der Waals surface area contributed by atoms with E-state index in [0.717, 1.165) is 6.42 Å². The van der Waals surface area contributed by atoms with Crippen molar-refractivity contribution in [1.29, 1.82) is 0 Å². The van der Waals surface area contributed by atoms with Gasteiger partial charge in [-0.3, -0.25) is 6.54 Å². The normalized spacial score (nSPS) is 11.4. The Bertz CT molecular complexity index is 75.8. The van der Waals surface area contributed by atoms with Crippen molar-refractivity contribution >= 4 is 0 Å². The van der Waals surface area contributed by atoms with Crippen molar-refractivity contribution in [2.45, 2.75) is 39.7 Å². The summed E-state index contributed by atoms with van der Waals surface area (Å²) < 4.78 is 0. The SMILES string of the molecule is CC[CH-]N(C)C(C)(C)C.[Y]. The predicted molar refractivity (Wildman–Crippen MR) is 42.1 cm³/mol. The van der Waals surface area contributed by atoms with Crippen LogP contribution in [0.15, 0.2) is 0 Å². The molecule has 0 aromatic rings. The fraction of sp³-hybridized carbons (Fsp3) is 0.875. The van der Waals surface area contributed by atoms with Gasteiger partial charge in [-0.1, -0.05) is 6.92 Å². The van der Waals surface area contributed by atoms with E-state index in [1.807, 2.05) is 0 Å². The Morgan fingerprint density at radius 1 is 1.30 bits per heavy atom. The quantitative estimate of drug-likeness (QED) is 0.641. The summed E-state index contributed by atoms with van der Waals surface area (Å²) in [6.45, 7) is 11.0. The molecule has 0 unspecified atom stereocenters. The zero-order valence-electron chi connectivity index (χ0n) is 7.81. The molecule has 0 N–H and O–H groups in total. The average Bonchev–Trinajstić information content (AvgIpc) is 1.64. The Hall–Kier alpha value is 1.06. The number of rotatable bonds is 2. The van der Waals surface area contributed by atoms with Gasteiger partial charge in [0.2, 0.25) is 0 Å². The summed E-state index contributed by atoms with van der Waals surface area (Å²) >= 11 is 0. The Labute approximate surface area is 90.4 Å². The first-order valence-electron chi connectivity index (χ1n) is 3.54. The molecule has 0 aliphatic heterocycles. The zero-order chi connectivity index (χ0) is 7.49. The fourth-order valence-electron chi connectivity index (χ4n) is 0.548. The van der Waals surface area contributed by atoms with Crippen LogP contribution >= 0.6 is 0 Å². The van der Waals surface area contributed by atoms with Crippen LogP contribution in [0, 0.1) is 6.54 Å². The summed E-state index contributed by atoms with van der Waals surface area (Å²) in [5.74, 6) is 0. The van der Waals surface area contributed by atoms with Gasteiger partial charge in [0.1, 0.15) is 0 Å². The molecule has 0 aliphatic rings. The molecule has 1 radical (unpaired) electrons. The van der Waals surface area contributed by atoms with Crippen LogP contribution in [0.1, 0.15) is 34.1 Å². The molecule has 59 valence electrons. The molecule has 0 aromatic heterocycles. The van der Waals surface area contributed by atoms with Crippen molar-refractivity contribution in [3.63, 3.8) is 0 Å². The molecule has 0 aliphatic carbocycles. The number of nitrogens with zero attached hydrogens (tertiary/aromatic N) is 1. The minimum absolute atomic E-state index is 0. The van der Waals surface area contributed by atoms with Crippen molar-refractivity contribution in [1.82, 2.24) is 4.90 Å². The van der Waals surface area contributed by atoms with E-state index in [0.29, 0.717) is 0 Å². The Kier molecular flexibility index (Phi) is 7.75. The van der Waals surface area contributed by atoms with Crippen LogP contribution in [-0.4, -0.2) is 17.5 Å². The van der Waals surface area contributed by atoms with E-state index < -0.39 is 0 Å². The second kappa shape index (κ2) is 5.68. The maximum atomic E-state index is 2.24. The maximum Gasteiger partial charge on any atom is 0 e. The molecule has 0 amide bonds. The van der Waals surface area contributed by atoms with Crippen molar-refractivity contribution in [3.8, 4) is 0 Å². The zero-order valence-corrected chi connectivity index (χ0v) is 10.6. The Balaban J connectivity index is 0. The molecule has 2 heteroatoms. The molecule has 0 aromatic carbocycles. The molecule has 10 heavy (non-hydrogen) atoms. The van der Waals surface area contributed by atoms with Gasteiger partial charge in [-0.05, 0) is 33.4 Å². The van der Waals surface area contributed by atoms with E-state index in [-0.39, 0.29) is 38.2 Å². The van der Waals surface area contributed by atoms with Gasteiger partial charge < -0.3 is 4.90 Å².